The van der Waals surface area contributed by atoms with Crippen LogP contribution in [-0.2, 0) is 14.3 Å². The van der Waals surface area contributed by atoms with Crippen molar-refractivity contribution in [1.29, 1.82) is 0 Å². The molecule has 1 heterocycles. The van der Waals surface area contributed by atoms with Gasteiger partial charge in [-0.05, 0) is 64.0 Å². The van der Waals surface area contributed by atoms with Gasteiger partial charge in [0.15, 0.2) is 5.70 Å². The predicted molar refractivity (Wildman–Crippen MR) is 92.5 cm³/mol. The lowest BCUT2D eigenvalue weighted by Gasteiger charge is -2.04. The van der Waals surface area contributed by atoms with Gasteiger partial charge >= 0.3 is 11.9 Å². The van der Waals surface area contributed by atoms with Crippen molar-refractivity contribution in [2.75, 3.05) is 0 Å². The lowest BCUT2D eigenvalue weighted by Crippen LogP contribution is -2.05. The third-order valence-electron chi connectivity index (χ3n) is 3.22. The first-order valence-corrected chi connectivity index (χ1v) is 7.98. The lowest BCUT2D eigenvalue weighted by atomic mass is 10.2. The van der Waals surface area contributed by atoms with Crippen LogP contribution in [-0.4, -0.2) is 17.8 Å². The largest absolute Gasteiger partial charge is 0.426 e. The Hall–Kier alpha value is -2.80. The number of carbonyl (C=O) groups is 2. The first-order chi connectivity index (χ1) is 11.9. The van der Waals surface area contributed by atoms with Crippen molar-refractivity contribution in [3.05, 3.63) is 69.6 Å². The van der Waals surface area contributed by atoms with E-state index in [4.69, 9.17) is 9.47 Å². The van der Waals surface area contributed by atoms with Crippen molar-refractivity contribution in [1.82, 2.24) is 0 Å². The molecular weight excluding hydrogens is 393 g/mol. The number of aliphatic imine (C=N–C) groups is 1. The highest BCUT2D eigenvalue weighted by Crippen LogP contribution is 2.28. The third-order valence-corrected chi connectivity index (χ3v) is 3.84. The second-order valence-electron chi connectivity index (χ2n) is 5.13. The van der Waals surface area contributed by atoms with E-state index in [0.717, 1.165) is 0 Å². The van der Waals surface area contributed by atoms with Crippen molar-refractivity contribution in [2.45, 2.75) is 6.92 Å². The minimum atomic E-state index is -0.598. The Kier molecular flexibility index (Phi) is 4.76. The second kappa shape index (κ2) is 6.98. The number of ether oxygens (including phenoxy) is 2. The van der Waals surface area contributed by atoms with Crippen LogP contribution in [0.25, 0.3) is 6.08 Å². The molecule has 3 rings (SSSR count). The van der Waals surface area contributed by atoms with Gasteiger partial charge in [0.2, 0.25) is 5.90 Å². The fraction of sp³-hybridized carbons (Fsp3) is 0.0556. The van der Waals surface area contributed by atoms with E-state index in [9.17, 15) is 14.0 Å². The molecule has 0 saturated carbocycles. The maximum atomic E-state index is 13.0. The quantitative estimate of drug-likeness (QED) is 0.443. The van der Waals surface area contributed by atoms with Gasteiger partial charge in [-0.2, -0.15) is 0 Å². The monoisotopic (exact) mass is 403 g/mol. The molecule has 0 fully saturated rings. The molecule has 2 aromatic rings. The van der Waals surface area contributed by atoms with Crippen molar-refractivity contribution in [2.24, 2.45) is 4.99 Å². The minimum absolute atomic E-state index is 0.117. The van der Waals surface area contributed by atoms with Crippen LogP contribution in [0.2, 0.25) is 0 Å². The van der Waals surface area contributed by atoms with Crippen LogP contribution in [0.4, 0.5) is 4.39 Å². The molecule has 2 aromatic carbocycles. The van der Waals surface area contributed by atoms with E-state index in [2.05, 4.69) is 20.9 Å². The van der Waals surface area contributed by atoms with Crippen molar-refractivity contribution < 1.29 is 23.5 Å². The smallest absolute Gasteiger partial charge is 0.363 e. The summed E-state index contributed by atoms with van der Waals surface area (Å²) < 4.78 is 23.7. The summed E-state index contributed by atoms with van der Waals surface area (Å²) in [5, 5.41) is 0. The van der Waals surface area contributed by atoms with E-state index in [-0.39, 0.29) is 17.4 Å². The Morgan fingerprint density at radius 1 is 1.24 bits per heavy atom. The maximum absolute atomic E-state index is 13.0. The number of hydrogen-bond acceptors (Lipinski definition) is 5. The normalized spacial score (nSPS) is 15.1. The molecule has 25 heavy (non-hydrogen) atoms. The maximum Gasteiger partial charge on any atom is 0.363 e. The minimum Gasteiger partial charge on any atom is -0.426 e. The number of benzene rings is 2. The van der Waals surface area contributed by atoms with E-state index < -0.39 is 11.9 Å². The summed E-state index contributed by atoms with van der Waals surface area (Å²) in [6.07, 6.45) is 1.54. The van der Waals surface area contributed by atoms with Gasteiger partial charge in [-0.1, -0.05) is 6.07 Å². The number of rotatable bonds is 3. The van der Waals surface area contributed by atoms with Gasteiger partial charge in [-0.3, -0.25) is 4.79 Å². The summed E-state index contributed by atoms with van der Waals surface area (Å²) in [5.74, 6) is -0.924. The van der Waals surface area contributed by atoms with Gasteiger partial charge in [0, 0.05) is 12.5 Å². The van der Waals surface area contributed by atoms with E-state index in [1.165, 1.54) is 31.2 Å². The highest BCUT2D eigenvalue weighted by atomic mass is 79.9. The summed E-state index contributed by atoms with van der Waals surface area (Å²) in [5.41, 5.74) is 1.29. The molecule has 0 atom stereocenters. The predicted octanol–water partition coefficient (Wildman–Crippen LogP) is 3.86. The van der Waals surface area contributed by atoms with Crippen LogP contribution in [0.3, 0.4) is 0 Å². The molecule has 126 valence electrons. The Bertz CT molecular complexity index is 919. The Morgan fingerprint density at radius 3 is 2.60 bits per heavy atom. The Labute approximate surface area is 150 Å². The molecule has 5 nitrogen and oxygen atoms in total. The Morgan fingerprint density at radius 2 is 1.96 bits per heavy atom. The molecule has 1 aliphatic heterocycles. The number of esters is 2. The van der Waals surface area contributed by atoms with Crippen LogP contribution in [0.5, 0.6) is 5.75 Å². The van der Waals surface area contributed by atoms with E-state index in [0.29, 0.717) is 21.3 Å². The fourth-order valence-electron chi connectivity index (χ4n) is 2.13. The zero-order chi connectivity index (χ0) is 18.0. The van der Waals surface area contributed by atoms with Crippen molar-refractivity contribution >= 4 is 39.8 Å². The van der Waals surface area contributed by atoms with Crippen molar-refractivity contribution in [3.63, 3.8) is 0 Å². The van der Waals surface area contributed by atoms with Crippen LogP contribution >= 0.6 is 15.9 Å². The van der Waals surface area contributed by atoms with Crippen LogP contribution in [0.1, 0.15) is 18.1 Å². The molecule has 1 aliphatic rings. The molecule has 0 amide bonds. The zero-order valence-electron chi connectivity index (χ0n) is 13.0. The molecule has 0 spiro atoms. The fourth-order valence-corrected chi connectivity index (χ4v) is 2.60. The first-order valence-electron chi connectivity index (χ1n) is 7.19. The van der Waals surface area contributed by atoms with Gasteiger partial charge in [-0.15, -0.1) is 0 Å². The second-order valence-corrected chi connectivity index (χ2v) is 5.98. The molecule has 0 N–H and O–H groups in total. The number of carbonyl (C=O) groups excluding carboxylic acids is 2. The molecule has 0 aromatic heterocycles. The highest BCUT2D eigenvalue weighted by molar-refractivity contribution is 9.10. The summed E-state index contributed by atoms with van der Waals surface area (Å²) in [4.78, 5) is 27.1. The van der Waals surface area contributed by atoms with Crippen LogP contribution < -0.4 is 4.74 Å². The molecule has 0 aliphatic carbocycles. The van der Waals surface area contributed by atoms with E-state index >= 15 is 0 Å². The average Bonchev–Trinajstić information content (AvgIpc) is 2.91. The molecular formula is C18H11BrFNO4. The molecule has 0 bridgehead atoms. The number of nitrogens with zero attached hydrogens (tertiary/aromatic N) is 1. The number of cyclic esters (lactones) is 1. The Balaban J connectivity index is 1.88. The van der Waals surface area contributed by atoms with Gasteiger partial charge in [-0.25, -0.2) is 14.2 Å². The van der Waals surface area contributed by atoms with E-state index in [1.54, 1.807) is 24.3 Å². The topological polar surface area (TPSA) is 65.0 Å². The highest BCUT2D eigenvalue weighted by Gasteiger charge is 2.24. The molecule has 0 saturated heterocycles. The summed E-state index contributed by atoms with van der Waals surface area (Å²) >= 11 is 3.30. The summed E-state index contributed by atoms with van der Waals surface area (Å²) in [7, 11) is 0. The van der Waals surface area contributed by atoms with Crippen molar-refractivity contribution in [3.8, 4) is 5.75 Å². The van der Waals surface area contributed by atoms with Gasteiger partial charge in [0.05, 0.1) is 4.47 Å². The first kappa shape index (κ1) is 17.0. The molecule has 0 unspecified atom stereocenters. The number of halogens is 2. The SMILES string of the molecule is CC(=O)Oc1ccc(/C=C2\N=C(c3ccc(F)cc3)OC2=O)cc1Br. The van der Waals surface area contributed by atoms with E-state index in [1.807, 2.05) is 0 Å². The lowest BCUT2D eigenvalue weighted by molar-refractivity contribution is -0.132. The van der Waals surface area contributed by atoms with Crippen LogP contribution in [0, 0.1) is 5.82 Å². The van der Waals surface area contributed by atoms with Gasteiger partial charge in [0.1, 0.15) is 11.6 Å². The zero-order valence-corrected chi connectivity index (χ0v) is 14.5. The van der Waals surface area contributed by atoms with Gasteiger partial charge in [0.25, 0.3) is 0 Å². The summed E-state index contributed by atoms with van der Waals surface area (Å²) in [6, 6.07) is 10.4. The molecule has 7 heteroatoms. The van der Waals surface area contributed by atoms with Crippen LogP contribution in [0.15, 0.2) is 57.6 Å². The third kappa shape index (κ3) is 4.00. The standard InChI is InChI=1S/C18H11BrFNO4/c1-10(22)24-16-7-2-11(8-14(16)19)9-15-18(23)25-17(21-15)12-3-5-13(20)6-4-12/h2-9H,1H3/b15-9-. The van der Waals surface area contributed by atoms with Gasteiger partial charge < -0.3 is 9.47 Å². The number of hydrogen-bond donors (Lipinski definition) is 0. The average molecular weight is 404 g/mol. The summed E-state index contributed by atoms with van der Waals surface area (Å²) in [6.45, 7) is 1.31. The molecule has 0 radical (unpaired) electrons.